The summed E-state index contributed by atoms with van der Waals surface area (Å²) in [5.41, 5.74) is 11.0. The van der Waals surface area contributed by atoms with Gasteiger partial charge in [0.25, 0.3) is 0 Å². The number of nitrogens with two attached hydrogens (primary N) is 1. The molecule has 0 saturated heterocycles. The molecule has 0 amide bonds. The molecule has 0 spiro atoms. The van der Waals surface area contributed by atoms with Gasteiger partial charge in [0, 0.05) is 5.69 Å². The molecule has 2 N–H and O–H groups in total. The summed E-state index contributed by atoms with van der Waals surface area (Å²) in [5.74, 6) is -0.386. The number of ether oxygens (including phenoxy) is 1. The number of benzene rings is 1. The average molecular weight is 273 g/mol. The molecule has 2 rings (SSSR count). The van der Waals surface area contributed by atoms with E-state index in [4.69, 9.17) is 10.5 Å². The standard InChI is InChI=1S/C15H19N3O2/c1-5-12-9(2)17-18(10(12)3)14-8-11(15(19)20-4)6-7-13(14)16/h6-8H,5,16H2,1-4H3. The fourth-order valence-corrected chi connectivity index (χ4v) is 2.39. The Balaban J connectivity index is 2.60. The highest BCUT2D eigenvalue weighted by Gasteiger charge is 2.15. The minimum absolute atomic E-state index is 0.386. The topological polar surface area (TPSA) is 70.1 Å². The highest BCUT2D eigenvalue weighted by Crippen LogP contribution is 2.24. The molecule has 1 heterocycles. The van der Waals surface area contributed by atoms with Crippen LogP contribution in [0.1, 0.15) is 34.2 Å². The van der Waals surface area contributed by atoms with E-state index >= 15 is 0 Å². The Morgan fingerprint density at radius 1 is 1.40 bits per heavy atom. The van der Waals surface area contributed by atoms with Crippen LogP contribution in [-0.2, 0) is 11.2 Å². The Morgan fingerprint density at radius 2 is 2.10 bits per heavy atom. The summed E-state index contributed by atoms with van der Waals surface area (Å²) in [5, 5.41) is 4.52. The van der Waals surface area contributed by atoms with Gasteiger partial charge in [-0.25, -0.2) is 9.48 Å². The number of hydrogen-bond donors (Lipinski definition) is 1. The molecule has 2 aromatic rings. The van der Waals surface area contributed by atoms with Gasteiger partial charge >= 0.3 is 5.97 Å². The van der Waals surface area contributed by atoms with Crippen molar-refractivity contribution in [3.05, 3.63) is 40.7 Å². The molecule has 0 fully saturated rings. The van der Waals surface area contributed by atoms with E-state index in [0.717, 1.165) is 17.8 Å². The van der Waals surface area contributed by atoms with Crippen LogP contribution < -0.4 is 5.73 Å². The third-order valence-electron chi connectivity index (χ3n) is 3.47. The zero-order valence-corrected chi connectivity index (χ0v) is 12.2. The fourth-order valence-electron chi connectivity index (χ4n) is 2.39. The number of carbonyl (C=O) groups excluding carboxylic acids is 1. The average Bonchev–Trinajstić information content (AvgIpc) is 2.73. The van der Waals surface area contributed by atoms with Crippen LogP contribution in [0.3, 0.4) is 0 Å². The van der Waals surface area contributed by atoms with Crippen LogP contribution in [0.2, 0.25) is 0 Å². The molecule has 0 aliphatic heterocycles. The van der Waals surface area contributed by atoms with Crippen molar-refractivity contribution < 1.29 is 9.53 Å². The van der Waals surface area contributed by atoms with E-state index in [1.54, 1.807) is 22.9 Å². The van der Waals surface area contributed by atoms with Gasteiger partial charge in [-0.2, -0.15) is 5.10 Å². The molecule has 0 aliphatic rings. The molecule has 5 heteroatoms. The number of aryl methyl sites for hydroxylation is 1. The maximum atomic E-state index is 11.6. The van der Waals surface area contributed by atoms with Gasteiger partial charge in [0.15, 0.2) is 0 Å². The number of carbonyl (C=O) groups is 1. The first-order chi connectivity index (χ1) is 9.49. The number of anilines is 1. The molecular formula is C15H19N3O2. The van der Waals surface area contributed by atoms with E-state index in [0.29, 0.717) is 16.9 Å². The number of hydrogen-bond acceptors (Lipinski definition) is 4. The Hall–Kier alpha value is -2.30. The van der Waals surface area contributed by atoms with Crippen LogP contribution in [-0.4, -0.2) is 22.9 Å². The first-order valence-corrected chi connectivity index (χ1v) is 6.52. The Bertz CT molecular complexity index is 659. The second-order valence-electron chi connectivity index (χ2n) is 4.68. The van der Waals surface area contributed by atoms with E-state index in [9.17, 15) is 4.79 Å². The van der Waals surface area contributed by atoms with Crippen molar-refractivity contribution in [2.75, 3.05) is 12.8 Å². The number of methoxy groups -OCH3 is 1. The SMILES string of the molecule is CCc1c(C)nn(-c2cc(C(=O)OC)ccc2N)c1C. The normalized spacial score (nSPS) is 10.6. The molecule has 0 saturated carbocycles. The largest absolute Gasteiger partial charge is 0.465 e. The quantitative estimate of drug-likeness (QED) is 0.688. The highest BCUT2D eigenvalue weighted by molar-refractivity contribution is 5.91. The van der Waals surface area contributed by atoms with E-state index in [1.165, 1.54) is 12.7 Å². The summed E-state index contributed by atoms with van der Waals surface area (Å²) < 4.78 is 6.53. The number of rotatable bonds is 3. The molecule has 0 unspecified atom stereocenters. The van der Waals surface area contributed by atoms with Gasteiger partial charge in [-0.05, 0) is 44.0 Å². The van der Waals surface area contributed by atoms with Gasteiger partial charge in [0.1, 0.15) is 0 Å². The van der Waals surface area contributed by atoms with Crippen LogP contribution in [0.25, 0.3) is 5.69 Å². The second kappa shape index (κ2) is 5.36. The van der Waals surface area contributed by atoms with Gasteiger partial charge in [-0.15, -0.1) is 0 Å². The summed E-state index contributed by atoms with van der Waals surface area (Å²) in [6, 6.07) is 5.06. The van der Waals surface area contributed by atoms with Crippen molar-refractivity contribution in [3.63, 3.8) is 0 Å². The van der Waals surface area contributed by atoms with Gasteiger partial charge in [-0.1, -0.05) is 6.92 Å². The van der Waals surface area contributed by atoms with Gasteiger partial charge in [0.2, 0.25) is 0 Å². The second-order valence-corrected chi connectivity index (χ2v) is 4.68. The van der Waals surface area contributed by atoms with Crippen molar-refractivity contribution in [3.8, 4) is 5.69 Å². The lowest BCUT2D eigenvalue weighted by Crippen LogP contribution is -2.07. The minimum atomic E-state index is -0.386. The van der Waals surface area contributed by atoms with E-state index < -0.39 is 0 Å². The Labute approximate surface area is 118 Å². The lowest BCUT2D eigenvalue weighted by atomic mass is 10.1. The monoisotopic (exact) mass is 273 g/mol. The summed E-state index contributed by atoms with van der Waals surface area (Å²) in [6.07, 6.45) is 0.911. The molecule has 0 aliphatic carbocycles. The van der Waals surface area contributed by atoms with Crippen molar-refractivity contribution in [2.24, 2.45) is 0 Å². The van der Waals surface area contributed by atoms with Crippen LogP contribution in [0.15, 0.2) is 18.2 Å². The maximum Gasteiger partial charge on any atom is 0.337 e. The van der Waals surface area contributed by atoms with Crippen molar-refractivity contribution in [2.45, 2.75) is 27.2 Å². The zero-order valence-electron chi connectivity index (χ0n) is 12.2. The van der Waals surface area contributed by atoms with Crippen LogP contribution >= 0.6 is 0 Å². The van der Waals surface area contributed by atoms with Gasteiger partial charge in [-0.3, -0.25) is 0 Å². The number of nitrogen functional groups attached to an aromatic ring is 1. The predicted molar refractivity (Wildman–Crippen MR) is 78.2 cm³/mol. The fraction of sp³-hybridized carbons (Fsp3) is 0.333. The third-order valence-corrected chi connectivity index (χ3v) is 3.47. The van der Waals surface area contributed by atoms with Gasteiger partial charge < -0.3 is 10.5 Å². The molecule has 106 valence electrons. The van der Waals surface area contributed by atoms with Crippen molar-refractivity contribution in [1.82, 2.24) is 9.78 Å². The summed E-state index contributed by atoms with van der Waals surface area (Å²) in [7, 11) is 1.36. The van der Waals surface area contributed by atoms with Crippen LogP contribution in [0.4, 0.5) is 5.69 Å². The molecule has 20 heavy (non-hydrogen) atoms. The lowest BCUT2D eigenvalue weighted by Gasteiger charge is -2.10. The maximum absolute atomic E-state index is 11.6. The van der Waals surface area contributed by atoms with Crippen LogP contribution in [0, 0.1) is 13.8 Å². The predicted octanol–water partition coefficient (Wildman–Crippen LogP) is 2.42. The first-order valence-electron chi connectivity index (χ1n) is 6.52. The van der Waals surface area contributed by atoms with Crippen molar-refractivity contribution >= 4 is 11.7 Å². The molecule has 5 nitrogen and oxygen atoms in total. The summed E-state index contributed by atoms with van der Waals surface area (Å²) in [4.78, 5) is 11.6. The first kappa shape index (κ1) is 14.1. The Kier molecular flexibility index (Phi) is 3.79. The molecule has 0 atom stereocenters. The van der Waals surface area contributed by atoms with E-state index in [-0.39, 0.29) is 5.97 Å². The molecular weight excluding hydrogens is 254 g/mol. The third kappa shape index (κ3) is 2.27. The summed E-state index contributed by atoms with van der Waals surface area (Å²) >= 11 is 0. The lowest BCUT2D eigenvalue weighted by molar-refractivity contribution is 0.0600. The number of aromatic nitrogens is 2. The smallest absolute Gasteiger partial charge is 0.337 e. The van der Waals surface area contributed by atoms with Crippen molar-refractivity contribution in [1.29, 1.82) is 0 Å². The molecule has 1 aromatic heterocycles. The number of esters is 1. The van der Waals surface area contributed by atoms with Crippen LogP contribution in [0.5, 0.6) is 0 Å². The van der Waals surface area contributed by atoms with E-state index in [1.807, 2.05) is 13.8 Å². The molecule has 1 aromatic carbocycles. The Morgan fingerprint density at radius 3 is 2.65 bits per heavy atom. The zero-order chi connectivity index (χ0) is 14.9. The highest BCUT2D eigenvalue weighted by atomic mass is 16.5. The number of nitrogens with zero attached hydrogens (tertiary/aromatic N) is 2. The minimum Gasteiger partial charge on any atom is -0.465 e. The van der Waals surface area contributed by atoms with Gasteiger partial charge in [0.05, 0.1) is 29.7 Å². The van der Waals surface area contributed by atoms with E-state index in [2.05, 4.69) is 12.0 Å². The molecule has 0 radical (unpaired) electrons. The summed E-state index contributed by atoms with van der Waals surface area (Å²) in [6.45, 7) is 6.07. The molecule has 0 bridgehead atoms.